The molecule has 0 saturated heterocycles. The Labute approximate surface area is 123 Å². The average Bonchev–Trinajstić information content (AvgIpc) is 2.46. The molecule has 0 aliphatic rings. The standard InChI is InChI=1S/C15H15ClN2O2/c1-18(2)15(19)10-7-8-12(17-9-10)14-11(16)5-4-6-13(14)20-3/h4-9H,1-3H3. The van der Waals surface area contributed by atoms with Gasteiger partial charge in [-0.3, -0.25) is 9.78 Å². The van der Waals surface area contributed by atoms with Crippen LogP contribution in [0, 0.1) is 0 Å². The van der Waals surface area contributed by atoms with Crippen LogP contribution in [0.15, 0.2) is 36.5 Å². The summed E-state index contributed by atoms with van der Waals surface area (Å²) in [6.07, 6.45) is 1.54. The third-order valence-electron chi connectivity index (χ3n) is 2.87. The summed E-state index contributed by atoms with van der Waals surface area (Å²) in [5.74, 6) is 0.562. The van der Waals surface area contributed by atoms with Gasteiger partial charge in [0.25, 0.3) is 5.91 Å². The molecule has 2 aromatic rings. The SMILES string of the molecule is COc1cccc(Cl)c1-c1ccc(C(=O)N(C)C)cn1. The number of carbonyl (C=O) groups is 1. The van der Waals surface area contributed by atoms with E-state index in [2.05, 4.69) is 4.98 Å². The van der Waals surface area contributed by atoms with E-state index in [-0.39, 0.29) is 5.91 Å². The van der Waals surface area contributed by atoms with Crippen molar-refractivity contribution in [3.05, 3.63) is 47.1 Å². The van der Waals surface area contributed by atoms with Gasteiger partial charge < -0.3 is 9.64 Å². The maximum Gasteiger partial charge on any atom is 0.254 e. The first-order valence-electron chi connectivity index (χ1n) is 6.05. The van der Waals surface area contributed by atoms with Crippen molar-refractivity contribution in [2.75, 3.05) is 21.2 Å². The average molecular weight is 291 g/mol. The minimum Gasteiger partial charge on any atom is -0.496 e. The molecule has 0 spiro atoms. The molecule has 0 atom stereocenters. The van der Waals surface area contributed by atoms with Gasteiger partial charge in [0.2, 0.25) is 0 Å². The molecule has 1 amide bonds. The number of ether oxygens (including phenoxy) is 1. The van der Waals surface area contributed by atoms with E-state index >= 15 is 0 Å². The van der Waals surface area contributed by atoms with Crippen molar-refractivity contribution in [1.82, 2.24) is 9.88 Å². The van der Waals surface area contributed by atoms with Crippen LogP contribution >= 0.6 is 11.6 Å². The Balaban J connectivity index is 2.43. The number of hydrogen-bond acceptors (Lipinski definition) is 3. The van der Waals surface area contributed by atoms with Gasteiger partial charge in [0, 0.05) is 20.3 Å². The van der Waals surface area contributed by atoms with Gasteiger partial charge in [0.1, 0.15) is 5.75 Å². The number of aromatic nitrogens is 1. The second kappa shape index (κ2) is 5.92. The highest BCUT2D eigenvalue weighted by Gasteiger charge is 2.13. The van der Waals surface area contributed by atoms with Gasteiger partial charge in [-0.2, -0.15) is 0 Å². The number of methoxy groups -OCH3 is 1. The zero-order valence-corrected chi connectivity index (χ0v) is 12.3. The first kappa shape index (κ1) is 14.3. The summed E-state index contributed by atoms with van der Waals surface area (Å²) in [4.78, 5) is 17.6. The van der Waals surface area contributed by atoms with Gasteiger partial charge in [-0.25, -0.2) is 0 Å². The number of carbonyl (C=O) groups excluding carboxylic acids is 1. The van der Waals surface area contributed by atoms with E-state index in [0.29, 0.717) is 22.0 Å². The smallest absolute Gasteiger partial charge is 0.254 e. The summed E-state index contributed by atoms with van der Waals surface area (Å²) < 4.78 is 5.30. The van der Waals surface area contributed by atoms with E-state index in [0.717, 1.165) is 5.56 Å². The molecule has 104 valence electrons. The Kier molecular flexibility index (Phi) is 4.25. The van der Waals surface area contributed by atoms with Gasteiger partial charge in [-0.05, 0) is 24.3 Å². The van der Waals surface area contributed by atoms with Crippen molar-refractivity contribution < 1.29 is 9.53 Å². The zero-order chi connectivity index (χ0) is 14.7. The van der Waals surface area contributed by atoms with Crippen molar-refractivity contribution >= 4 is 17.5 Å². The van der Waals surface area contributed by atoms with Gasteiger partial charge in [-0.15, -0.1) is 0 Å². The second-order valence-corrected chi connectivity index (χ2v) is 4.86. The Bertz CT molecular complexity index is 624. The van der Waals surface area contributed by atoms with E-state index in [9.17, 15) is 4.79 Å². The molecule has 0 saturated carbocycles. The fourth-order valence-electron chi connectivity index (χ4n) is 1.85. The molecule has 0 N–H and O–H groups in total. The monoisotopic (exact) mass is 290 g/mol. The highest BCUT2D eigenvalue weighted by Crippen LogP contribution is 2.35. The molecule has 0 bridgehead atoms. The predicted molar refractivity (Wildman–Crippen MR) is 79.3 cm³/mol. The minimum absolute atomic E-state index is 0.0878. The molecule has 1 aromatic heterocycles. The third-order valence-corrected chi connectivity index (χ3v) is 3.18. The van der Waals surface area contributed by atoms with Gasteiger partial charge in [-0.1, -0.05) is 17.7 Å². The minimum atomic E-state index is -0.0878. The summed E-state index contributed by atoms with van der Waals surface area (Å²) in [6, 6.07) is 8.91. The summed E-state index contributed by atoms with van der Waals surface area (Å²) >= 11 is 6.20. The highest BCUT2D eigenvalue weighted by atomic mass is 35.5. The topological polar surface area (TPSA) is 42.4 Å². The molecule has 1 aromatic carbocycles. The van der Waals surface area contributed by atoms with E-state index < -0.39 is 0 Å². The summed E-state index contributed by atoms with van der Waals surface area (Å²) in [5, 5.41) is 0.559. The fraction of sp³-hybridized carbons (Fsp3) is 0.200. The van der Waals surface area contributed by atoms with Crippen LogP contribution in [-0.2, 0) is 0 Å². The lowest BCUT2D eigenvalue weighted by molar-refractivity contribution is 0.0827. The molecule has 0 aliphatic carbocycles. The zero-order valence-electron chi connectivity index (χ0n) is 11.6. The summed E-state index contributed by atoms with van der Waals surface area (Å²) in [7, 11) is 4.99. The Morgan fingerprint density at radius 2 is 2.00 bits per heavy atom. The lowest BCUT2D eigenvalue weighted by atomic mass is 10.1. The van der Waals surface area contributed by atoms with Crippen LogP contribution < -0.4 is 4.74 Å². The number of hydrogen-bond donors (Lipinski definition) is 0. The normalized spacial score (nSPS) is 10.2. The van der Waals surface area contributed by atoms with Crippen LogP contribution in [0.3, 0.4) is 0 Å². The maximum absolute atomic E-state index is 11.8. The number of benzene rings is 1. The molecule has 1 heterocycles. The van der Waals surface area contributed by atoms with Crippen LogP contribution in [-0.4, -0.2) is 37.0 Å². The number of nitrogens with zero attached hydrogens (tertiary/aromatic N) is 2. The fourth-order valence-corrected chi connectivity index (χ4v) is 2.11. The Morgan fingerprint density at radius 3 is 2.55 bits per heavy atom. The van der Waals surface area contributed by atoms with Gasteiger partial charge >= 0.3 is 0 Å². The molecule has 0 radical (unpaired) electrons. The molecule has 4 nitrogen and oxygen atoms in total. The highest BCUT2D eigenvalue weighted by molar-refractivity contribution is 6.33. The van der Waals surface area contributed by atoms with E-state index in [4.69, 9.17) is 16.3 Å². The maximum atomic E-state index is 11.8. The van der Waals surface area contributed by atoms with Gasteiger partial charge in [0.05, 0.1) is 29.0 Å². The summed E-state index contributed by atoms with van der Waals surface area (Å²) in [5.41, 5.74) is 1.92. The Morgan fingerprint density at radius 1 is 1.25 bits per heavy atom. The van der Waals surface area contributed by atoms with Crippen LogP contribution in [0.5, 0.6) is 5.75 Å². The lowest BCUT2D eigenvalue weighted by Gasteiger charge is -2.12. The second-order valence-electron chi connectivity index (χ2n) is 4.45. The van der Waals surface area contributed by atoms with Crippen LogP contribution in [0.4, 0.5) is 0 Å². The van der Waals surface area contributed by atoms with Crippen LogP contribution in [0.2, 0.25) is 5.02 Å². The van der Waals surface area contributed by atoms with E-state index in [1.165, 1.54) is 4.90 Å². The molecule has 5 heteroatoms. The molecular formula is C15H15ClN2O2. The third kappa shape index (κ3) is 2.75. The van der Waals surface area contributed by atoms with Crippen molar-refractivity contribution in [3.63, 3.8) is 0 Å². The first-order chi connectivity index (χ1) is 9.54. The number of pyridine rings is 1. The van der Waals surface area contributed by atoms with Crippen LogP contribution in [0.25, 0.3) is 11.3 Å². The predicted octanol–water partition coefficient (Wildman–Crippen LogP) is 3.11. The number of halogens is 1. The first-order valence-corrected chi connectivity index (χ1v) is 6.43. The lowest BCUT2D eigenvalue weighted by Crippen LogP contribution is -2.21. The van der Waals surface area contributed by atoms with E-state index in [1.54, 1.807) is 45.6 Å². The van der Waals surface area contributed by atoms with E-state index in [1.807, 2.05) is 12.1 Å². The van der Waals surface area contributed by atoms with Gasteiger partial charge in [0.15, 0.2) is 0 Å². The number of rotatable bonds is 3. The molecule has 0 unspecified atom stereocenters. The molecule has 0 fully saturated rings. The molecule has 20 heavy (non-hydrogen) atoms. The molecule has 2 rings (SSSR count). The number of amides is 1. The summed E-state index contributed by atoms with van der Waals surface area (Å²) in [6.45, 7) is 0. The van der Waals surface area contributed by atoms with Crippen molar-refractivity contribution in [3.8, 4) is 17.0 Å². The largest absolute Gasteiger partial charge is 0.496 e. The van der Waals surface area contributed by atoms with Crippen molar-refractivity contribution in [2.24, 2.45) is 0 Å². The van der Waals surface area contributed by atoms with Crippen LogP contribution in [0.1, 0.15) is 10.4 Å². The Hall–Kier alpha value is -2.07. The van der Waals surface area contributed by atoms with Crippen molar-refractivity contribution in [1.29, 1.82) is 0 Å². The molecular weight excluding hydrogens is 276 g/mol. The quantitative estimate of drug-likeness (QED) is 0.872. The van der Waals surface area contributed by atoms with Crippen molar-refractivity contribution in [2.45, 2.75) is 0 Å². The molecule has 0 aliphatic heterocycles.